The minimum atomic E-state index is -5.17. The second-order valence-corrected chi connectivity index (χ2v) is 13.9. The number of aryl methyl sites for hydroxylation is 1. The summed E-state index contributed by atoms with van der Waals surface area (Å²) in [5.74, 6) is 1.85. The molecule has 1 saturated carbocycles. The Morgan fingerprint density at radius 1 is 1.00 bits per heavy atom. The van der Waals surface area contributed by atoms with Gasteiger partial charge in [0.1, 0.15) is 5.78 Å². The Kier molecular flexibility index (Phi) is 12.4. The summed E-state index contributed by atoms with van der Waals surface area (Å²) in [6.07, 6.45) is 4.29. The molecule has 0 bridgehead atoms. The molecule has 0 aliphatic heterocycles. The Balaban J connectivity index is 0. The number of rotatable bonds is 1. The molecule has 0 amide bonds. The fraction of sp³-hybridized carbons (Fsp3) is 0.588. The van der Waals surface area contributed by atoms with Crippen molar-refractivity contribution in [3.63, 3.8) is 0 Å². The van der Waals surface area contributed by atoms with Crippen LogP contribution in [0, 0.1) is 5.92 Å². The van der Waals surface area contributed by atoms with Gasteiger partial charge in [-0.3, -0.25) is 13.2 Å². The van der Waals surface area contributed by atoms with Crippen molar-refractivity contribution in [1.82, 2.24) is 0 Å². The molecule has 150 valence electrons. The summed E-state index contributed by atoms with van der Waals surface area (Å²) in [5.41, 5.74) is 3.47. The second kappa shape index (κ2) is 11.4. The molecule has 0 saturated heterocycles. The molecule has 7 nitrogen and oxygen atoms in total. The maximum absolute atomic E-state index is 12.4. The zero-order valence-electron chi connectivity index (χ0n) is 16.0. The summed E-state index contributed by atoms with van der Waals surface area (Å²) in [5, 5.41) is 0. The SMILES string of the molecule is C[Si](C)(C)C1C(=O)CCC2c3ccccc3CCC21.O.O.O=S(=O)([O-])[O-].[Ca+2]. The molecule has 0 spiro atoms. The molecule has 27 heavy (non-hydrogen) atoms. The van der Waals surface area contributed by atoms with Crippen molar-refractivity contribution in [2.45, 2.75) is 56.8 Å². The molecule has 3 unspecified atom stereocenters. The van der Waals surface area contributed by atoms with Gasteiger partial charge in [-0.15, -0.1) is 0 Å². The van der Waals surface area contributed by atoms with Gasteiger partial charge >= 0.3 is 37.7 Å². The molecule has 3 rings (SSSR count). The Morgan fingerprint density at radius 2 is 1.52 bits per heavy atom. The number of hydrogen-bond acceptors (Lipinski definition) is 5. The summed E-state index contributed by atoms with van der Waals surface area (Å²) in [4.78, 5) is 12.4. The minimum Gasteiger partial charge on any atom is -0.759 e. The van der Waals surface area contributed by atoms with Crippen molar-refractivity contribution in [2.24, 2.45) is 5.92 Å². The fourth-order valence-electron chi connectivity index (χ4n) is 4.46. The van der Waals surface area contributed by atoms with Gasteiger partial charge in [0.2, 0.25) is 0 Å². The summed E-state index contributed by atoms with van der Waals surface area (Å²) in [6, 6.07) is 8.92. The van der Waals surface area contributed by atoms with Crippen LogP contribution in [-0.2, 0) is 21.6 Å². The van der Waals surface area contributed by atoms with Gasteiger partial charge in [-0.1, -0.05) is 43.9 Å². The quantitative estimate of drug-likeness (QED) is 0.358. The van der Waals surface area contributed by atoms with Crippen LogP contribution in [0.5, 0.6) is 0 Å². The molecular weight excluding hydrogens is 416 g/mol. The monoisotopic (exact) mass is 444 g/mol. The number of hydrogen-bond donors (Lipinski definition) is 0. The third-order valence-electron chi connectivity index (χ3n) is 5.13. The third-order valence-corrected chi connectivity index (χ3v) is 7.74. The van der Waals surface area contributed by atoms with Gasteiger partial charge in [-0.2, -0.15) is 0 Å². The van der Waals surface area contributed by atoms with Crippen LogP contribution >= 0.6 is 0 Å². The van der Waals surface area contributed by atoms with Gasteiger partial charge in [0.25, 0.3) is 0 Å². The van der Waals surface area contributed by atoms with Crippen molar-refractivity contribution in [3.8, 4) is 0 Å². The van der Waals surface area contributed by atoms with E-state index in [9.17, 15) is 4.79 Å². The fourth-order valence-corrected chi connectivity index (χ4v) is 7.26. The summed E-state index contributed by atoms with van der Waals surface area (Å²) < 4.78 is 34.1. The van der Waals surface area contributed by atoms with Crippen molar-refractivity contribution in [1.29, 1.82) is 0 Å². The Bertz CT molecular complexity index is 710. The molecule has 1 aromatic rings. The van der Waals surface area contributed by atoms with E-state index in [-0.39, 0.29) is 48.7 Å². The number of fused-ring (bicyclic) bond motifs is 3. The smallest absolute Gasteiger partial charge is 0.759 e. The average molecular weight is 445 g/mol. The summed E-state index contributed by atoms with van der Waals surface area (Å²) in [7, 11) is -6.57. The van der Waals surface area contributed by atoms with Gasteiger partial charge in [0.05, 0.1) is 8.07 Å². The van der Waals surface area contributed by atoms with Crippen molar-refractivity contribution in [3.05, 3.63) is 35.4 Å². The van der Waals surface area contributed by atoms with Gasteiger partial charge in [0, 0.05) is 22.4 Å². The average Bonchev–Trinajstić information content (AvgIpc) is 2.43. The topological polar surface area (TPSA) is 160 Å². The number of Topliss-reactive ketones (excluding diaryl/α,β-unsaturated/α-hetero) is 1. The molecule has 2 aliphatic carbocycles. The van der Waals surface area contributed by atoms with Gasteiger partial charge in [-0.25, -0.2) is 0 Å². The van der Waals surface area contributed by atoms with Crippen LogP contribution in [-0.4, -0.2) is 80.1 Å². The van der Waals surface area contributed by atoms with E-state index in [0.717, 1.165) is 12.8 Å². The molecule has 10 heteroatoms. The molecule has 3 atom stereocenters. The van der Waals surface area contributed by atoms with E-state index in [0.29, 0.717) is 23.2 Å². The van der Waals surface area contributed by atoms with Crippen LogP contribution in [0.2, 0.25) is 25.2 Å². The van der Waals surface area contributed by atoms with E-state index in [1.54, 1.807) is 5.56 Å². The number of ketones is 1. The Hall–Kier alpha value is 0.157. The van der Waals surface area contributed by atoms with Crippen LogP contribution in [0.3, 0.4) is 0 Å². The second-order valence-electron chi connectivity index (χ2n) is 7.76. The normalized spacial score (nSPS) is 23.7. The molecule has 0 aromatic heterocycles. The van der Waals surface area contributed by atoms with E-state index in [1.165, 1.54) is 18.4 Å². The zero-order valence-corrected chi connectivity index (χ0v) is 20.1. The van der Waals surface area contributed by atoms with Crippen LogP contribution in [0.4, 0.5) is 0 Å². The van der Waals surface area contributed by atoms with E-state index in [4.69, 9.17) is 17.5 Å². The Morgan fingerprint density at radius 3 is 2.04 bits per heavy atom. The van der Waals surface area contributed by atoms with Crippen molar-refractivity contribution < 1.29 is 33.3 Å². The van der Waals surface area contributed by atoms with Gasteiger partial charge in [-0.05, 0) is 42.2 Å². The first-order chi connectivity index (χ1) is 11.0. The first kappa shape index (κ1) is 29.4. The van der Waals surface area contributed by atoms with E-state index in [1.807, 2.05) is 0 Å². The van der Waals surface area contributed by atoms with Crippen LogP contribution < -0.4 is 0 Å². The molecule has 1 fully saturated rings. The van der Waals surface area contributed by atoms with Gasteiger partial charge in [0.15, 0.2) is 0 Å². The summed E-state index contributed by atoms with van der Waals surface area (Å²) >= 11 is 0. The predicted molar refractivity (Wildman–Crippen MR) is 106 cm³/mol. The maximum atomic E-state index is 12.4. The largest absolute Gasteiger partial charge is 2.00 e. The van der Waals surface area contributed by atoms with Crippen molar-refractivity contribution in [2.75, 3.05) is 0 Å². The molecule has 2 aliphatic rings. The van der Waals surface area contributed by atoms with Crippen molar-refractivity contribution >= 4 is 62.0 Å². The third kappa shape index (κ3) is 8.20. The van der Waals surface area contributed by atoms with E-state index >= 15 is 0 Å². The van der Waals surface area contributed by atoms with Gasteiger partial charge < -0.3 is 20.1 Å². The minimum absolute atomic E-state index is 0. The van der Waals surface area contributed by atoms with E-state index in [2.05, 4.69) is 43.9 Å². The van der Waals surface area contributed by atoms with E-state index < -0.39 is 18.5 Å². The molecule has 4 N–H and O–H groups in total. The van der Waals surface area contributed by atoms with Crippen LogP contribution in [0.15, 0.2) is 24.3 Å². The number of carbonyl (C=O) groups is 1. The standard InChI is InChI=1S/C17H24OSi.Ca.H2O4S.2H2O/c1-19(2,3)17-15-9-8-12-6-4-5-7-13(12)14(15)10-11-16(17)18;;1-5(2,3)4;;/h4-7,14-15,17H,8-11H2,1-3H3;;(H2,1,2,3,4);2*1H2/q;+2;;;/p-2. The molecule has 1 aromatic carbocycles. The number of carbonyl (C=O) groups excluding carboxylic acids is 1. The Labute approximate surface area is 192 Å². The summed E-state index contributed by atoms with van der Waals surface area (Å²) in [6.45, 7) is 7.12. The first-order valence-electron chi connectivity index (χ1n) is 8.25. The first-order valence-corrected chi connectivity index (χ1v) is 13.2. The maximum Gasteiger partial charge on any atom is 2.00 e. The number of benzene rings is 1. The van der Waals surface area contributed by atoms with Crippen LogP contribution in [0.1, 0.15) is 36.3 Å². The zero-order chi connectivity index (χ0) is 18.1. The molecular formula is C17H28CaO7SSi. The molecule has 0 radical (unpaired) electrons. The molecule has 0 heterocycles. The van der Waals surface area contributed by atoms with Crippen LogP contribution in [0.25, 0.3) is 0 Å². The predicted octanol–water partition coefficient (Wildman–Crippen LogP) is 1.04.